The number of fused-ring (bicyclic) bond motifs is 1. The molecule has 0 bridgehead atoms. The number of aromatic amines is 1. The van der Waals surface area contributed by atoms with Gasteiger partial charge in [-0.05, 0) is 19.1 Å². The predicted octanol–water partition coefficient (Wildman–Crippen LogP) is 5.78. The smallest absolute Gasteiger partial charge is 0.277 e. The van der Waals surface area contributed by atoms with Crippen LogP contribution in [0.2, 0.25) is 5.02 Å². The van der Waals surface area contributed by atoms with E-state index in [0.717, 1.165) is 31.4 Å². The van der Waals surface area contributed by atoms with Crippen molar-refractivity contribution in [1.82, 2.24) is 15.6 Å². The van der Waals surface area contributed by atoms with E-state index in [9.17, 15) is 4.79 Å². The highest BCUT2D eigenvalue weighted by Crippen LogP contribution is 2.39. The summed E-state index contributed by atoms with van der Waals surface area (Å²) in [6.45, 7) is 2.03. The van der Waals surface area contributed by atoms with Crippen molar-refractivity contribution in [3.8, 4) is 11.3 Å². The molecule has 0 saturated carbocycles. The summed E-state index contributed by atoms with van der Waals surface area (Å²) in [6, 6.07) is 13.8. The summed E-state index contributed by atoms with van der Waals surface area (Å²) in [5.41, 5.74) is 6.33. The average Bonchev–Trinajstić information content (AvgIpc) is 3.28. The molecule has 2 aromatic heterocycles. The molecule has 8 heteroatoms. The highest BCUT2D eigenvalue weighted by Gasteiger charge is 2.18. The fourth-order valence-electron chi connectivity index (χ4n) is 2.77. The van der Waals surface area contributed by atoms with Crippen molar-refractivity contribution in [2.45, 2.75) is 6.92 Å². The minimum atomic E-state index is -0.352. The van der Waals surface area contributed by atoms with E-state index in [1.54, 1.807) is 12.4 Å². The normalized spacial score (nSPS) is 11.4. The minimum absolute atomic E-state index is 0.352. The van der Waals surface area contributed by atoms with Crippen LogP contribution in [0.4, 0.5) is 0 Å². The number of hydrogen-bond donors (Lipinski definition) is 2. The predicted molar refractivity (Wildman–Crippen MR) is 118 cm³/mol. The van der Waals surface area contributed by atoms with Crippen molar-refractivity contribution in [2.75, 3.05) is 0 Å². The van der Waals surface area contributed by atoms with Gasteiger partial charge in [-0.1, -0.05) is 63.4 Å². The van der Waals surface area contributed by atoms with Crippen LogP contribution in [0.1, 0.15) is 20.8 Å². The van der Waals surface area contributed by atoms with Crippen LogP contribution in [0, 0.1) is 6.92 Å². The Bertz CT molecular complexity index is 1200. The Morgan fingerprint density at radius 1 is 1.29 bits per heavy atom. The highest BCUT2D eigenvalue weighted by atomic mass is 79.9. The Balaban J connectivity index is 1.54. The van der Waals surface area contributed by atoms with E-state index in [-0.39, 0.29) is 5.91 Å². The van der Waals surface area contributed by atoms with Crippen LogP contribution >= 0.6 is 38.9 Å². The maximum absolute atomic E-state index is 12.5. The summed E-state index contributed by atoms with van der Waals surface area (Å²) < 4.78 is 1.79. The van der Waals surface area contributed by atoms with Gasteiger partial charge in [-0.15, -0.1) is 11.3 Å². The van der Waals surface area contributed by atoms with Gasteiger partial charge in [-0.2, -0.15) is 10.2 Å². The number of benzene rings is 2. The lowest BCUT2D eigenvalue weighted by atomic mass is 10.1. The third kappa shape index (κ3) is 3.61. The van der Waals surface area contributed by atoms with E-state index in [4.69, 9.17) is 11.6 Å². The van der Waals surface area contributed by atoms with Crippen molar-refractivity contribution in [3.05, 3.63) is 74.2 Å². The zero-order valence-electron chi connectivity index (χ0n) is 14.7. The first-order valence-electron chi connectivity index (χ1n) is 8.35. The number of amides is 1. The number of nitrogens with one attached hydrogen (secondary N) is 2. The number of hydrogen-bond acceptors (Lipinski definition) is 4. The van der Waals surface area contributed by atoms with Crippen LogP contribution < -0.4 is 5.43 Å². The summed E-state index contributed by atoms with van der Waals surface area (Å²) >= 11 is 11.2. The second kappa shape index (κ2) is 7.87. The molecule has 0 spiro atoms. The van der Waals surface area contributed by atoms with Crippen LogP contribution in [0.15, 0.2) is 58.2 Å². The molecule has 0 fully saturated rings. The standard InChI is InChI=1S/C20H14BrClN4OS/c1-11-5-7-12(8-6-11)18-13(9-23-25-18)10-24-26-20(27)19-17(22)16-14(21)3-2-4-15(16)28-19/h2-10H,1H3,(H,23,25)(H,26,27)/b24-10+. The summed E-state index contributed by atoms with van der Waals surface area (Å²) in [5.74, 6) is -0.352. The Hall–Kier alpha value is -2.48. The van der Waals surface area contributed by atoms with Gasteiger partial charge >= 0.3 is 0 Å². The molecule has 2 N–H and O–H groups in total. The fraction of sp³-hybridized carbons (Fsp3) is 0.0500. The number of nitrogens with zero attached hydrogens (tertiary/aromatic N) is 2. The quantitative estimate of drug-likeness (QED) is 0.291. The van der Waals surface area contributed by atoms with E-state index in [1.807, 2.05) is 49.4 Å². The molecule has 0 unspecified atom stereocenters. The van der Waals surface area contributed by atoms with Gasteiger partial charge in [-0.25, -0.2) is 5.43 Å². The van der Waals surface area contributed by atoms with E-state index >= 15 is 0 Å². The third-order valence-corrected chi connectivity index (χ3v) is 6.50. The molecule has 140 valence electrons. The summed E-state index contributed by atoms with van der Waals surface area (Å²) in [5, 5.41) is 12.4. The van der Waals surface area contributed by atoms with Crippen LogP contribution in [0.25, 0.3) is 21.3 Å². The van der Waals surface area contributed by atoms with Crippen LogP contribution in [0.5, 0.6) is 0 Å². The average molecular weight is 474 g/mol. The van der Waals surface area contributed by atoms with Gasteiger partial charge in [0.2, 0.25) is 0 Å². The molecule has 5 nitrogen and oxygen atoms in total. The molecule has 1 amide bonds. The lowest BCUT2D eigenvalue weighted by Gasteiger charge is -2.01. The molecule has 0 aliphatic heterocycles. The van der Waals surface area contributed by atoms with Crippen molar-refractivity contribution >= 4 is 61.1 Å². The zero-order valence-corrected chi connectivity index (χ0v) is 17.8. The van der Waals surface area contributed by atoms with Crippen molar-refractivity contribution in [2.24, 2.45) is 5.10 Å². The molecular formula is C20H14BrClN4OS. The topological polar surface area (TPSA) is 70.1 Å². The van der Waals surface area contributed by atoms with Gasteiger partial charge in [0, 0.05) is 25.7 Å². The first-order chi connectivity index (χ1) is 13.5. The van der Waals surface area contributed by atoms with Gasteiger partial charge < -0.3 is 0 Å². The number of H-pyrrole nitrogens is 1. The van der Waals surface area contributed by atoms with Gasteiger partial charge in [0.15, 0.2) is 0 Å². The molecule has 2 aromatic carbocycles. The SMILES string of the molecule is Cc1ccc(-c2[nH]ncc2/C=N/NC(=O)c2sc3cccc(Br)c3c2Cl)cc1. The number of carbonyl (C=O) groups excluding carboxylic acids is 1. The minimum Gasteiger partial charge on any atom is -0.277 e. The maximum atomic E-state index is 12.5. The number of aryl methyl sites for hydroxylation is 1. The molecule has 28 heavy (non-hydrogen) atoms. The molecule has 0 saturated heterocycles. The number of aromatic nitrogens is 2. The lowest BCUT2D eigenvalue weighted by molar-refractivity contribution is 0.0959. The molecular weight excluding hydrogens is 460 g/mol. The Kier molecular flexibility index (Phi) is 5.30. The third-order valence-electron chi connectivity index (χ3n) is 4.19. The molecule has 0 atom stereocenters. The first kappa shape index (κ1) is 18.9. The summed E-state index contributed by atoms with van der Waals surface area (Å²) in [6.07, 6.45) is 3.22. The maximum Gasteiger partial charge on any atom is 0.283 e. The van der Waals surface area contributed by atoms with Crippen molar-refractivity contribution < 1.29 is 4.79 Å². The second-order valence-electron chi connectivity index (χ2n) is 6.12. The highest BCUT2D eigenvalue weighted by molar-refractivity contribution is 9.10. The number of rotatable bonds is 4. The number of hydrazone groups is 1. The van der Waals surface area contributed by atoms with Crippen LogP contribution in [0.3, 0.4) is 0 Å². The first-order valence-corrected chi connectivity index (χ1v) is 10.3. The molecule has 4 rings (SSSR count). The van der Waals surface area contributed by atoms with E-state index in [1.165, 1.54) is 16.9 Å². The van der Waals surface area contributed by atoms with Crippen molar-refractivity contribution in [3.63, 3.8) is 0 Å². The Morgan fingerprint density at radius 3 is 2.82 bits per heavy atom. The van der Waals surface area contributed by atoms with Gasteiger partial charge in [0.25, 0.3) is 5.91 Å². The Labute approximate surface area is 178 Å². The zero-order chi connectivity index (χ0) is 19.7. The van der Waals surface area contributed by atoms with Gasteiger partial charge in [0.05, 0.1) is 23.1 Å². The van der Waals surface area contributed by atoms with Crippen LogP contribution in [-0.4, -0.2) is 22.3 Å². The van der Waals surface area contributed by atoms with Crippen molar-refractivity contribution in [1.29, 1.82) is 0 Å². The number of carbonyl (C=O) groups is 1. The fourth-order valence-corrected chi connectivity index (χ4v) is 5.05. The molecule has 4 aromatic rings. The summed E-state index contributed by atoms with van der Waals surface area (Å²) in [4.78, 5) is 13.0. The molecule has 0 aliphatic carbocycles. The van der Waals surface area contributed by atoms with Gasteiger partial charge in [-0.3, -0.25) is 9.89 Å². The lowest BCUT2D eigenvalue weighted by Crippen LogP contribution is -2.16. The van der Waals surface area contributed by atoms with E-state index < -0.39 is 0 Å². The number of thiophene rings is 1. The van der Waals surface area contributed by atoms with Crippen LogP contribution in [-0.2, 0) is 0 Å². The van der Waals surface area contributed by atoms with Gasteiger partial charge in [0.1, 0.15) is 4.88 Å². The molecule has 0 radical (unpaired) electrons. The van der Waals surface area contributed by atoms with E-state index in [0.29, 0.717) is 9.90 Å². The van der Waals surface area contributed by atoms with E-state index in [2.05, 4.69) is 36.7 Å². The Morgan fingerprint density at radius 2 is 2.07 bits per heavy atom. The molecule has 0 aliphatic rings. The molecule has 2 heterocycles. The summed E-state index contributed by atoms with van der Waals surface area (Å²) in [7, 11) is 0. The largest absolute Gasteiger partial charge is 0.283 e. The second-order valence-corrected chi connectivity index (χ2v) is 8.41. The number of halogens is 2. The monoisotopic (exact) mass is 472 g/mol.